The average molecular weight is 299 g/mol. The Bertz CT molecular complexity index is 567. The largest absolute Gasteiger partial charge is 0.455 e. The van der Waals surface area contributed by atoms with Crippen molar-refractivity contribution in [2.75, 3.05) is 13.2 Å². The molecule has 2 aliphatic rings. The summed E-state index contributed by atoms with van der Waals surface area (Å²) in [6, 6.07) is 9.96. The molecule has 0 radical (unpaired) electrons. The molecule has 0 aromatic heterocycles. The van der Waals surface area contributed by atoms with Crippen LogP contribution in [0.1, 0.15) is 18.4 Å². The molecular weight excluding hydrogens is 278 g/mol. The van der Waals surface area contributed by atoms with E-state index in [1.807, 2.05) is 30.3 Å². The second kappa shape index (κ2) is 6.77. The molecule has 22 heavy (non-hydrogen) atoms. The molecule has 3 rings (SSSR count). The summed E-state index contributed by atoms with van der Waals surface area (Å²) in [5.74, 6) is 0.339. The minimum atomic E-state index is -0.233. The maximum atomic E-state index is 12.0. The van der Waals surface area contributed by atoms with E-state index < -0.39 is 0 Å². The van der Waals surface area contributed by atoms with Gasteiger partial charge in [-0.15, -0.1) is 0 Å². The van der Waals surface area contributed by atoms with E-state index in [1.165, 1.54) is 5.56 Å². The van der Waals surface area contributed by atoms with E-state index in [-0.39, 0.29) is 24.4 Å². The van der Waals surface area contributed by atoms with Crippen LogP contribution in [0.15, 0.2) is 42.5 Å². The number of benzene rings is 1. The number of rotatable bonds is 6. The number of carbonyl (C=O) groups excluding carboxylic acids is 2. The van der Waals surface area contributed by atoms with E-state index in [0.717, 1.165) is 19.3 Å². The van der Waals surface area contributed by atoms with Crippen LogP contribution in [0.2, 0.25) is 0 Å². The highest BCUT2D eigenvalue weighted by molar-refractivity contribution is 5.81. The predicted octanol–water partition coefficient (Wildman–Crippen LogP) is 2.10. The monoisotopic (exact) mass is 299 g/mol. The van der Waals surface area contributed by atoms with Crippen LogP contribution in [-0.4, -0.2) is 25.0 Å². The van der Waals surface area contributed by atoms with Crippen LogP contribution in [0.5, 0.6) is 0 Å². The van der Waals surface area contributed by atoms with E-state index >= 15 is 0 Å². The van der Waals surface area contributed by atoms with Gasteiger partial charge in [0, 0.05) is 6.54 Å². The van der Waals surface area contributed by atoms with Crippen molar-refractivity contribution in [3.63, 3.8) is 0 Å². The summed E-state index contributed by atoms with van der Waals surface area (Å²) in [4.78, 5) is 23.7. The standard InChI is InChI=1S/C18H21NO3/c20-17(19-9-8-13-4-2-1-3-5-13)12-22-18(21)16-11-14-6-7-15(16)10-14/h1-7,14-16H,8-12H2,(H,19,20)/t14-,15-,16-/m1/s1. The van der Waals surface area contributed by atoms with Gasteiger partial charge >= 0.3 is 5.97 Å². The smallest absolute Gasteiger partial charge is 0.310 e. The van der Waals surface area contributed by atoms with E-state index in [2.05, 4.69) is 17.5 Å². The third kappa shape index (κ3) is 3.56. The summed E-state index contributed by atoms with van der Waals surface area (Å²) in [5.41, 5.74) is 1.17. The first-order valence-corrected chi connectivity index (χ1v) is 7.88. The zero-order valence-electron chi connectivity index (χ0n) is 12.5. The van der Waals surface area contributed by atoms with Crippen molar-refractivity contribution in [2.45, 2.75) is 19.3 Å². The molecule has 116 valence electrons. The molecular formula is C18H21NO3. The normalized spacial score (nSPS) is 25.2. The van der Waals surface area contributed by atoms with Crippen LogP contribution in [0.4, 0.5) is 0 Å². The number of allylic oxidation sites excluding steroid dienone is 2. The van der Waals surface area contributed by atoms with Gasteiger partial charge < -0.3 is 10.1 Å². The maximum Gasteiger partial charge on any atom is 0.310 e. The number of hydrogen-bond acceptors (Lipinski definition) is 3. The van der Waals surface area contributed by atoms with Gasteiger partial charge in [0.2, 0.25) is 0 Å². The topological polar surface area (TPSA) is 55.4 Å². The molecule has 4 heteroatoms. The lowest BCUT2D eigenvalue weighted by atomic mass is 9.94. The number of fused-ring (bicyclic) bond motifs is 2. The Morgan fingerprint density at radius 1 is 1.14 bits per heavy atom. The van der Waals surface area contributed by atoms with Crippen molar-refractivity contribution >= 4 is 11.9 Å². The van der Waals surface area contributed by atoms with Crippen LogP contribution >= 0.6 is 0 Å². The Morgan fingerprint density at radius 3 is 2.64 bits per heavy atom. The Kier molecular flexibility index (Phi) is 4.56. The van der Waals surface area contributed by atoms with Gasteiger partial charge in [0.1, 0.15) is 0 Å². The van der Waals surface area contributed by atoms with Crippen molar-refractivity contribution in [3.8, 4) is 0 Å². The van der Waals surface area contributed by atoms with E-state index in [9.17, 15) is 9.59 Å². The first kappa shape index (κ1) is 14.8. The number of esters is 1. The van der Waals surface area contributed by atoms with Gasteiger partial charge in [-0.25, -0.2) is 0 Å². The molecule has 0 aliphatic heterocycles. The summed E-state index contributed by atoms with van der Waals surface area (Å²) in [5, 5.41) is 2.78. The van der Waals surface area contributed by atoms with Crippen LogP contribution in [0.25, 0.3) is 0 Å². The van der Waals surface area contributed by atoms with Gasteiger partial charge in [0.15, 0.2) is 6.61 Å². The fourth-order valence-electron chi connectivity index (χ4n) is 3.34. The van der Waals surface area contributed by atoms with E-state index in [4.69, 9.17) is 4.74 Å². The zero-order chi connectivity index (χ0) is 15.4. The minimum Gasteiger partial charge on any atom is -0.455 e. The van der Waals surface area contributed by atoms with Crippen LogP contribution in [0.3, 0.4) is 0 Å². The van der Waals surface area contributed by atoms with Crippen molar-refractivity contribution in [1.82, 2.24) is 5.32 Å². The highest BCUT2D eigenvalue weighted by Gasteiger charge is 2.40. The fourth-order valence-corrected chi connectivity index (χ4v) is 3.34. The molecule has 1 aromatic rings. The Hall–Kier alpha value is -2.10. The third-order valence-corrected chi connectivity index (χ3v) is 4.51. The second-order valence-electron chi connectivity index (χ2n) is 6.08. The van der Waals surface area contributed by atoms with Crippen molar-refractivity contribution < 1.29 is 14.3 Å². The number of ether oxygens (including phenoxy) is 1. The molecule has 1 aromatic carbocycles. The highest BCUT2D eigenvalue weighted by Crippen LogP contribution is 2.43. The van der Waals surface area contributed by atoms with Gasteiger partial charge in [-0.3, -0.25) is 9.59 Å². The Labute approximate surface area is 130 Å². The van der Waals surface area contributed by atoms with E-state index in [1.54, 1.807) is 0 Å². The number of amides is 1. The van der Waals surface area contributed by atoms with Gasteiger partial charge in [0.05, 0.1) is 5.92 Å². The second-order valence-corrected chi connectivity index (χ2v) is 6.08. The molecule has 2 bridgehead atoms. The lowest BCUT2D eigenvalue weighted by Crippen LogP contribution is -2.32. The first-order chi connectivity index (χ1) is 10.7. The molecule has 1 N–H and O–H groups in total. The zero-order valence-corrected chi connectivity index (χ0v) is 12.5. The molecule has 1 amide bonds. The van der Waals surface area contributed by atoms with Gasteiger partial charge in [-0.1, -0.05) is 42.5 Å². The molecule has 0 heterocycles. The summed E-state index contributed by atoms with van der Waals surface area (Å²) >= 11 is 0. The Morgan fingerprint density at radius 2 is 1.95 bits per heavy atom. The van der Waals surface area contributed by atoms with Crippen LogP contribution in [-0.2, 0) is 20.7 Å². The lowest BCUT2D eigenvalue weighted by molar-refractivity contribution is -0.153. The maximum absolute atomic E-state index is 12.0. The summed E-state index contributed by atoms with van der Waals surface area (Å²) in [7, 11) is 0. The summed E-state index contributed by atoms with van der Waals surface area (Å²) < 4.78 is 5.16. The van der Waals surface area contributed by atoms with Crippen molar-refractivity contribution in [1.29, 1.82) is 0 Å². The molecule has 3 atom stereocenters. The van der Waals surface area contributed by atoms with Crippen LogP contribution < -0.4 is 5.32 Å². The van der Waals surface area contributed by atoms with Gasteiger partial charge in [-0.2, -0.15) is 0 Å². The average Bonchev–Trinajstić information content (AvgIpc) is 3.17. The fraction of sp³-hybridized carbons (Fsp3) is 0.444. The minimum absolute atomic E-state index is 0.0490. The molecule has 0 unspecified atom stereocenters. The summed E-state index contributed by atoms with van der Waals surface area (Å²) in [6.07, 6.45) is 7.00. The predicted molar refractivity (Wildman–Crippen MR) is 83.0 cm³/mol. The van der Waals surface area contributed by atoms with Gasteiger partial charge in [0.25, 0.3) is 5.91 Å². The third-order valence-electron chi connectivity index (χ3n) is 4.51. The molecule has 4 nitrogen and oxygen atoms in total. The summed E-state index contributed by atoms with van der Waals surface area (Å²) in [6.45, 7) is 0.377. The Balaban J connectivity index is 1.34. The van der Waals surface area contributed by atoms with Crippen molar-refractivity contribution in [2.24, 2.45) is 17.8 Å². The highest BCUT2D eigenvalue weighted by atomic mass is 16.5. The molecule has 0 spiro atoms. The molecule has 1 fully saturated rings. The number of hydrogen-bond donors (Lipinski definition) is 1. The van der Waals surface area contributed by atoms with Crippen molar-refractivity contribution in [3.05, 3.63) is 48.0 Å². The van der Waals surface area contributed by atoms with Gasteiger partial charge in [-0.05, 0) is 36.7 Å². The quantitative estimate of drug-likeness (QED) is 0.646. The van der Waals surface area contributed by atoms with Crippen LogP contribution in [0, 0.1) is 17.8 Å². The first-order valence-electron chi connectivity index (χ1n) is 7.88. The molecule has 0 saturated heterocycles. The number of nitrogens with one attached hydrogen (secondary N) is 1. The lowest BCUT2D eigenvalue weighted by Gasteiger charge is -2.16. The SMILES string of the molecule is O=C(COC(=O)[C@@H]1C[C@@H]2C=C[C@@H]1C2)NCCc1ccccc1. The number of carbonyl (C=O) groups is 2. The molecule has 2 aliphatic carbocycles. The van der Waals surface area contributed by atoms with E-state index in [0.29, 0.717) is 18.4 Å². The molecule has 1 saturated carbocycles.